The number of rotatable bonds is 6. The Bertz CT molecular complexity index is 602. The highest BCUT2D eigenvalue weighted by atomic mass is 16.5. The smallest absolute Gasteiger partial charge is 0.240 e. The molecule has 2 aliphatic rings. The lowest BCUT2D eigenvalue weighted by Crippen LogP contribution is -2.57. The van der Waals surface area contributed by atoms with Gasteiger partial charge in [0, 0.05) is 30.5 Å². The molecule has 2 fully saturated rings. The van der Waals surface area contributed by atoms with Gasteiger partial charge in [-0.3, -0.25) is 9.69 Å². The Hall–Kier alpha value is -1.43. The van der Waals surface area contributed by atoms with Crippen LogP contribution in [0.15, 0.2) is 4.52 Å². The fourth-order valence-corrected chi connectivity index (χ4v) is 4.71. The Labute approximate surface area is 157 Å². The van der Waals surface area contributed by atoms with E-state index >= 15 is 0 Å². The average Bonchev–Trinajstić information content (AvgIpc) is 3.11. The molecule has 3 rings (SSSR count). The minimum atomic E-state index is 0.134. The van der Waals surface area contributed by atoms with Crippen LogP contribution in [0.4, 0.5) is 0 Å². The van der Waals surface area contributed by atoms with Crippen LogP contribution in [0.5, 0.6) is 0 Å². The van der Waals surface area contributed by atoms with Crippen molar-refractivity contribution in [1.29, 1.82) is 0 Å². The Morgan fingerprint density at radius 3 is 2.81 bits per heavy atom. The first kappa shape index (κ1) is 19.3. The summed E-state index contributed by atoms with van der Waals surface area (Å²) in [6.45, 7) is 9.20. The maximum Gasteiger partial charge on any atom is 0.240 e. The standard InChI is InChI=1S/C20H34N4O2/c1-5-13(3)21-20(25)16-11-14(4)24(17-10-8-7-9-15(16)17)12-19-22-18(6-2)23-26-19/h13-17H,5-12H2,1-4H3,(H,21,25)/t13-,14-,15-,16+,17-/m1/s1. The molecule has 0 unspecified atom stereocenters. The van der Waals surface area contributed by atoms with Gasteiger partial charge in [0.25, 0.3) is 0 Å². The first-order valence-electron chi connectivity index (χ1n) is 10.4. The molecule has 0 spiro atoms. The highest BCUT2D eigenvalue weighted by molar-refractivity contribution is 5.79. The summed E-state index contributed by atoms with van der Waals surface area (Å²) < 4.78 is 5.45. The lowest BCUT2D eigenvalue weighted by molar-refractivity contribution is -0.134. The number of amides is 1. The summed E-state index contributed by atoms with van der Waals surface area (Å²) >= 11 is 0. The lowest BCUT2D eigenvalue weighted by atomic mass is 9.69. The van der Waals surface area contributed by atoms with Crippen LogP contribution < -0.4 is 5.32 Å². The van der Waals surface area contributed by atoms with E-state index in [0.717, 1.165) is 37.9 Å². The van der Waals surface area contributed by atoms with E-state index in [9.17, 15) is 4.79 Å². The van der Waals surface area contributed by atoms with E-state index in [4.69, 9.17) is 4.52 Å². The van der Waals surface area contributed by atoms with Crippen molar-refractivity contribution in [2.75, 3.05) is 0 Å². The van der Waals surface area contributed by atoms with E-state index in [-0.39, 0.29) is 17.9 Å². The second-order valence-corrected chi connectivity index (χ2v) is 8.15. The summed E-state index contributed by atoms with van der Waals surface area (Å²) in [5.41, 5.74) is 0. The highest BCUT2D eigenvalue weighted by Gasteiger charge is 2.45. The molecule has 1 amide bonds. The molecule has 1 saturated heterocycles. The molecular formula is C20H34N4O2. The molecule has 1 aromatic heterocycles. The zero-order valence-electron chi connectivity index (χ0n) is 16.7. The fourth-order valence-electron chi connectivity index (χ4n) is 4.71. The van der Waals surface area contributed by atoms with Crippen LogP contribution in [0.2, 0.25) is 0 Å². The van der Waals surface area contributed by atoms with Crippen LogP contribution in [0.25, 0.3) is 0 Å². The molecule has 26 heavy (non-hydrogen) atoms. The largest absolute Gasteiger partial charge is 0.353 e. The second-order valence-electron chi connectivity index (χ2n) is 8.15. The molecule has 6 heteroatoms. The first-order chi connectivity index (χ1) is 12.5. The van der Waals surface area contributed by atoms with Gasteiger partial charge in [-0.05, 0) is 45.4 Å². The van der Waals surface area contributed by atoms with Crippen LogP contribution in [-0.4, -0.2) is 39.1 Å². The number of hydrogen-bond donors (Lipinski definition) is 1. The third-order valence-corrected chi connectivity index (χ3v) is 6.37. The number of aromatic nitrogens is 2. The van der Waals surface area contributed by atoms with Gasteiger partial charge in [0.2, 0.25) is 11.8 Å². The van der Waals surface area contributed by atoms with Gasteiger partial charge >= 0.3 is 0 Å². The summed E-state index contributed by atoms with van der Waals surface area (Å²) in [6, 6.07) is 1.04. The van der Waals surface area contributed by atoms with Crippen molar-refractivity contribution in [3.63, 3.8) is 0 Å². The van der Waals surface area contributed by atoms with Gasteiger partial charge in [0.05, 0.1) is 6.54 Å². The van der Waals surface area contributed by atoms with E-state index < -0.39 is 0 Å². The number of hydrogen-bond acceptors (Lipinski definition) is 5. The molecule has 1 aliphatic carbocycles. The molecule has 1 N–H and O–H groups in total. The maximum absolute atomic E-state index is 12.9. The molecule has 2 heterocycles. The predicted molar refractivity (Wildman–Crippen MR) is 100 cm³/mol. The van der Waals surface area contributed by atoms with Crippen molar-refractivity contribution in [3.05, 3.63) is 11.7 Å². The van der Waals surface area contributed by atoms with Crippen LogP contribution in [0.1, 0.15) is 77.9 Å². The Morgan fingerprint density at radius 1 is 1.35 bits per heavy atom. The molecule has 0 aromatic carbocycles. The molecule has 1 aliphatic heterocycles. The number of fused-ring (bicyclic) bond motifs is 1. The molecule has 1 aromatic rings. The number of nitrogens with zero attached hydrogens (tertiary/aromatic N) is 3. The van der Waals surface area contributed by atoms with Crippen LogP contribution in [-0.2, 0) is 17.8 Å². The average molecular weight is 363 g/mol. The first-order valence-corrected chi connectivity index (χ1v) is 10.4. The number of aryl methyl sites for hydroxylation is 1. The maximum atomic E-state index is 12.9. The number of piperidine rings is 1. The minimum absolute atomic E-state index is 0.134. The summed E-state index contributed by atoms with van der Waals surface area (Å²) in [5, 5.41) is 7.27. The van der Waals surface area contributed by atoms with Gasteiger partial charge in [0.1, 0.15) is 0 Å². The number of nitrogens with one attached hydrogen (secondary N) is 1. The summed E-state index contributed by atoms with van der Waals surface area (Å²) in [6.07, 6.45) is 7.48. The van der Waals surface area contributed by atoms with Gasteiger partial charge in [-0.1, -0.05) is 31.8 Å². The Balaban J connectivity index is 1.74. The third-order valence-electron chi connectivity index (χ3n) is 6.37. The van der Waals surface area contributed by atoms with Crippen molar-refractivity contribution >= 4 is 5.91 Å². The minimum Gasteiger partial charge on any atom is -0.353 e. The Kier molecular flexibility index (Phi) is 6.33. The quantitative estimate of drug-likeness (QED) is 0.840. The zero-order valence-corrected chi connectivity index (χ0v) is 16.7. The van der Waals surface area contributed by atoms with Crippen molar-refractivity contribution in [2.24, 2.45) is 11.8 Å². The van der Waals surface area contributed by atoms with E-state index in [1.54, 1.807) is 0 Å². The van der Waals surface area contributed by atoms with Crippen molar-refractivity contribution < 1.29 is 9.32 Å². The van der Waals surface area contributed by atoms with Crippen molar-refractivity contribution in [3.8, 4) is 0 Å². The molecule has 0 radical (unpaired) electrons. The number of likely N-dealkylation sites (tertiary alicyclic amines) is 1. The SMILES string of the molecule is CCc1noc(CN2[C@H](C)C[C@H](C(=O)N[C@H](C)CC)[C@H]3CCCC[C@H]32)n1. The van der Waals surface area contributed by atoms with Crippen LogP contribution >= 0.6 is 0 Å². The monoisotopic (exact) mass is 362 g/mol. The Morgan fingerprint density at radius 2 is 2.12 bits per heavy atom. The summed E-state index contributed by atoms with van der Waals surface area (Å²) in [5.74, 6) is 2.32. The van der Waals surface area contributed by atoms with E-state index in [1.807, 2.05) is 6.92 Å². The molecular weight excluding hydrogens is 328 g/mol. The predicted octanol–water partition coefficient (Wildman–Crippen LogP) is 3.32. The van der Waals surface area contributed by atoms with Gasteiger partial charge in [-0.25, -0.2) is 0 Å². The van der Waals surface area contributed by atoms with Crippen molar-refractivity contribution in [2.45, 2.75) is 97.3 Å². The molecule has 5 atom stereocenters. The summed E-state index contributed by atoms with van der Waals surface area (Å²) in [7, 11) is 0. The molecule has 0 bridgehead atoms. The van der Waals surface area contributed by atoms with Gasteiger partial charge in [-0.15, -0.1) is 0 Å². The highest BCUT2D eigenvalue weighted by Crippen LogP contribution is 2.42. The lowest BCUT2D eigenvalue weighted by Gasteiger charge is -2.50. The van der Waals surface area contributed by atoms with E-state index in [1.165, 1.54) is 12.8 Å². The second kappa shape index (κ2) is 8.51. The number of carbonyl (C=O) groups excluding carboxylic acids is 1. The molecule has 146 valence electrons. The van der Waals surface area contributed by atoms with Gasteiger partial charge in [0.15, 0.2) is 5.82 Å². The topological polar surface area (TPSA) is 71.3 Å². The summed E-state index contributed by atoms with van der Waals surface area (Å²) in [4.78, 5) is 19.9. The molecule has 6 nitrogen and oxygen atoms in total. The van der Waals surface area contributed by atoms with Gasteiger partial charge in [-0.2, -0.15) is 4.98 Å². The third kappa shape index (κ3) is 4.11. The van der Waals surface area contributed by atoms with Gasteiger partial charge < -0.3 is 9.84 Å². The fraction of sp³-hybridized carbons (Fsp3) is 0.850. The number of carbonyl (C=O) groups is 1. The van der Waals surface area contributed by atoms with E-state index in [2.05, 4.69) is 41.1 Å². The zero-order chi connectivity index (χ0) is 18.7. The van der Waals surface area contributed by atoms with E-state index in [0.29, 0.717) is 30.4 Å². The van der Waals surface area contributed by atoms with Crippen LogP contribution in [0, 0.1) is 11.8 Å². The van der Waals surface area contributed by atoms with Crippen LogP contribution in [0.3, 0.4) is 0 Å². The van der Waals surface area contributed by atoms with Crippen molar-refractivity contribution in [1.82, 2.24) is 20.4 Å². The molecule has 1 saturated carbocycles. The normalized spacial score (nSPS) is 30.6.